The summed E-state index contributed by atoms with van der Waals surface area (Å²) in [6.07, 6.45) is 0. The number of rotatable bonds is 0. The summed E-state index contributed by atoms with van der Waals surface area (Å²) in [7, 11) is 3.33. The summed E-state index contributed by atoms with van der Waals surface area (Å²) >= 11 is 0. The molecule has 2 nitrogen and oxygen atoms in total. The summed E-state index contributed by atoms with van der Waals surface area (Å²) in [6.45, 7) is 0. The van der Waals surface area contributed by atoms with Gasteiger partial charge in [-0.15, -0.1) is 0 Å². The van der Waals surface area contributed by atoms with Gasteiger partial charge in [-0.05, 0) is 14.1 Å². The van der Waals surface area contributed by atoms with E-state index in [0.29, 0.717) is 0 Å². The molecule has 0 aromatic rings. The molecule has 0 heterocycles. The van der Waals surface area contributed by atoms with Gasteiger partial charge in [0.25, 0.3) is 0 Å². The van der Waals surface area contributed by atoms with Crippen molar-refractivity contribution in [1.82, 2.24) is 5.01 Å². The van der Waals surface area contributed by atoms with Gasteiger partial charge in [0.05, 0.1) is 0 Å². The molecule has 0 atom stereocenters. The van der Waals surface area contributed by atoms with E-state index in [2.05, 4.69) is 0 Å². The fourth-order valence-electron chi connectivity index (χ4n) is 0. The maximum Gasteiger partial charge on any atom is 3.00 e. The van der Waals surface area contributed by atoms with Crippen LogP contribution in [0.5, 0.6) is 0 Å². The Morgan fingerprint density at radius 1 is 1.14 bits per heavy atom. The van der Waals surface area contributed by atoms with Crippen LogP contribution in [0.25, 0.3) is 5.84 Å². The van der Waals surface area contributed by atoms with Gasteiger partial charge in [0.15, 0.2) is 0 Å². The maximum atomic E-state index is 6.42. The van der Waals surface area contributed by atoms with Crippen LogP contribution in [0.4, 0.5) is 0 Å². The third-order valence-corrected chi connectivity index (χ3v) is 0. The molecule has 0 spiro atoms. The molecule has 0 aromatic carbocycles. The fraction of sp³-hybridized carbons (Fsp3) is 0.500. The Balaban J connectivity index is -0.0000000150. The Bertz CT molecular complexity index is 14.4. The van der Waals surface area contributed by atoms with Crippen LogP contribution in [0.2, 0.25) is 0 Å². The molecule has 0 unspecified atom stereocenters. The standard InChI is InChI=1S/C2H7N2.2CH3.Al/c1-4(2)3;;;/h3H,1-2H3;2*1H3;/q3*-1;+3. The van der Waals surface area contributed by atoms with Crippen LogP contribution in [0.1, 0.15) is 0 Å². The predicted molar refractivity (Wildman–Crippen MR) is 36.6 cm³/mol. The van der Waals surface area contributed by atoms with Crippen LogP contribution in [-0.2, 0) is 0 Å². The molecule has 0 fully saturated rings. The summed E-state index contributed by atoms with van der Waals surface area (Å²) in [5.74, 6) is 6.42. The van der Waals surface area contributed by atoms with E-state index in [4.69, 9.17) is 5.84 Å². The molecule has 0 aliphatic carbocycles. The minimum Gasteiger partial charge on any atom is -0.610 e. The summed E-state index contributed by atoms with van der Waals surface area (Å²) in [6, 6.07) is 0. The van der Waals surface area contributed by atoms with Gasteiger partial charge in [-0.1, -0.05) is 0 Å². The summed E-state index contributed by atoms with van der Waals surface area (Å²) in [5, 5.41) is 1.25. The quantitative estimate of drug-likeness (QED) is 0.264. The van der Waals surface area contributed by atoms with E-state index in [1.165, 1.54) is 5.01 Å². The first-order valence-electron chi connectivity index (χ1n) is 1.12. The second-order valence-corrected chi connectivity index (χ2v) is 0.894. The Morgan fingerprint density at radius 2 is 1.14 bits per heavy atom. The Labute approximate surface area is 57.8 Å². The van der Waals surface area contributed by atoms with Crippen LogP contribution in [0.3, 0.4) is 0 Å². The first-order chi connectivity index (χ1) is 1.73. The van der Waals surface area contributed by atoms with Gasteiger partial charge >= 0.3 is 17.4 Å². The Kier molecular flexibility index (Phi) is 59.8. The molecule has 3 heteroatoms. The summed E-state index contributed by atoms with van der Waals surface area (Å²) < 4.78 is 0. The minimum atomic E-state index is 0. The van der Waals surface area contributed by atoms with Crippen molar-refractivity contribution in [2.75, 3.05) is 14.1 Å². The summed E-state index contributed by atoms with van der Waals surface area (Å²) in [5.41, 5.74) is 0. The first-order valence-corrected chi connectivity index (χ1v) is 1.12. The van der Waals surface area contributed by atoms with E-state index in [9.17, 15) is 0 Å². The maximum absolute atomic E-state index is 6.42. The minimum absolute atomic E-state index is 0. The van der Waals surface area contributed by atoms with Gasteiger partial charge < -0.3 is 25.7 Å². The zero-order valence-corrected chi connectivity index (χ0v) is 6.68. The number of nitrogens with zero attached hydrogens (tertiary/aromatic N) is 1. The molecule has 0 aliphatic heterocycles. The molecule has 0 saturated carbocycles. The summed E-state index contributed by atoms with van der Waals surface area (Å²) in [4.78, 5) is 0. The van der Waals surface area contributed by atoms with Gasteiger partial charge in [0.2, 0.25) is 0 Å². The Morgan fingerprint density at radius 3 is 1.14 bits per heavy atom. The average molecular weight is 116 g/mol. The zero-order valence-electron chi connectivity index (χ0n) is 5.52. The molecule has 0 aromatic heterocycles. The number of hydrogen-bond acceptors (Lipinski definition) is 1. The zero-order chi connectivity index (χ0) is 3.58. The van der Waals surface area contributed by atoms with E-state index in [-0.39, 0.29) is 32.2 Å². The van der Waals surface area contributed by atoms with Crippen molar-refractivity contribution in [3.63, 3.8) is 0 Å². The monoisotopic (exact) mass is 116 g/mol. The van der Waals surface area contributed by atoms with Crippen molar-refractivity contribution in [2.45, 2.75) is 0 Å². The van der Waals surface area contributed by atoms with Gasteiger partial charge in [-0.25, -0.2) is 0 Å². The van der Waals surface area contributed by atoms with Crippen molar-refractivity contribution in [3.05, 3.63) is 20.7 Å². The molecule has 0 rings (SSSR count). The van der Waals surface area contributed by atoms with Gasteiger partial charge in [0, 0.05) is 0 Å². The van der Waals surface area contributed by atoms with Crippen LogP contribution in [0.15, 0.2) is 0 Å². The second-order valence-electron chi connectivity index (χ2n) is 0.894. The molecule has 42 valence electrons. The fourth-order valence-corrected chi connectivity index (χ4v) is 0. The third kappa shape index (κ3) is 625. The average Bonchev–Trinajstić information content (AvgIpc) is 0.811. The van der Waals surface area contributed by atoms with Gasteiger partial charge in [-0.2, -0.15) is 0 Å². The molecule has 1 N–H and O–H groups in total. The number of nitrogens with one attached hydrogen (secondary N) is 1. The van der Waals surface area contributed by atoms with Crippen molar-refractivity contribution in [3.8, 4) is 0 Å². The van der Waals surface area contributed by atoms with E-state index < -0.39 is 0 Å². The molecular weight excluding hydrogens is 103 g/mol. The molecule has 0 bridgehead atoms. The molecule has 7 heavy (non-hydrogen) atoms. The van der Waals surface area contributed by atoms with E-state index in [1.54, 1.807) is 14.1 Å². The van der Waals surface area contributed by atoms with Crippen molar-refractivity contribution in [2.24, 2.45) is 0 Å². The SMILES string of the molecule is CN(C)[NH-].[Al+3].[CH3-].[CH3-]. The molecule has 0 saturated heterocycles. The van der Waals surface area contributed by atoms with E-state index >= 15 is 0 Å². The largest absolute Gasteiger partial charge is 3.00 e. The molecule has 0 aliphatic rings. The second kappa shape index (κ2) is 16.1. The van der Waals surface area contributed by atoms with Crippen LogP contribution in [-0.4, -0.2) is 36.5 Å². The topological polar surface area (TPSA) is 27.0 Å². The molecule has 0 amide bonds. The van der Waals surface area contributed by atoms with Gasteiger partial charge in [0.1, 0.15) is 0 Å². The first kappa shape index (κ1) is 26.0. The number of hydrogen-bond donors (Lipinski definition) is 0. The normalized spacial score (nSPS) is 5.14. The van der Waals surface area contributed by atoms with Crippen molar-refractivity contribution in [1.29, 1.82) is 0 Å². The molecular formula is C4H13AlN2. The van der Waals surface area contributed by atoms with Crippen LogP contribution < -0.4 is 0 Å². The Hall–Kier alpha value is 0.452. The van der Waals surface area contributed by atoms with Gasteiger partial charge in [-0.3, -0.25) is 0 Å². The van der Waals surface area contributed by atoms with E-state index in [1.807, 2.05) is 0 Å². The third-order valence-electron chi connectivity index (χ3n) is 0. The van der Waals surface area contributed by atoms with Crippen LogP contribution >= 0.6 is 0 Å². The van der Waals surface area contributed by atoms with Crippen molar-refractivity contribution < 1.29 is 0 Å². The predicted octanol–water partition coefficient (Wildman–Crippen LogP) is 1.03. The van der Waals surface area contributed by atoms with E-state index in [0.717, 1.165) is 0 Å². The van der Waals surface area contributed by atoms with Crippen LogP contribution in [0, 0.1) is 14.9 Å². The smallest absolute Gasteiger partial charge is 0.610 e. The van der Waals surface area contributed by atoms with Crippen molar-refractivity contribution >= 4 is 17.4 Å². The molecule has 0 radical (unpaired) electrons.